The van der Waals surface area contributed by atoms with Crippen LogP contribution in [0.2, 0.25) is 0 Å². The van der Waals surface area contributed by atoms with Gasteiger partial charge in [-0.25, -0.2) is 0 Å². The van der Waals surface area contributed by atoms with Crippen molar-refractivity contribution >= 4 is 29.0 Å². The summed E-state index contributed by atoms with van der Waals surface area (Å²) in [5, 5.41) is 2.73. The first-order chi connectivity index (χ1) is 13.7. The maximum absolute atomic E-state index is 13.2. The summed E-state index contributed by atoms with van der Waals surface area (Å²) < 4.78 is 0. The summed E-state index contributed by atoms with van der Waals surface area (Å²) in [6.07, 6.45) is 1.91. The molecular weight excluding hydrogens is 368 g/mol. The zero-order valence-electron chi connectivity index (χ0n) is 17.9. The lowest BCUT2D eigenvalue weighted by Gasteiger charge is -2.36. The lowest BCUT2D eigenvalue weighted by Crippen LogP contribution is -2.44. The average Bonchev–Trinajstić information content (AvgIpc) is 2.92. The number of likely N-dealkylation sites (N-methyl/N-ethyl adjacent to an activating group) is 1. The summed E-state index contributed by atoms with van der Waals surface area (Å²) in [5.41, 5.74) is 2.27. The zero-order valence-corrected chi connectivity index (χ0v) is 17.9. The van der Waals surface area contributed by atoms with Gasteiger partial charge in [-0.3, -0.25) is 19.3 Å². The van der Waals surface area contributed by atoms with Gasteiger partial charge in [0.05, 0.1) is 5.57 Å². The molecule has 0 atom stereocenters. The largest absolute Gasteiger partial charge is 0.366 e. The van der Waals surface area contributed by atoms with Crippen molar-refractivity contribution in [1.29, 1.82) is 0 Å². The number of carbonyl (C=O) groups is 3. The van der Waals surface area contributed by atoms with Gasteiger partial charge in [0, 0.05) is 31.7 Å². The van der Waals surface area contributed by atoms with E-state index in [2.05, 4.69) is 17.3 Å². The molecule has 3 amide bonds. The van der Waals surface area contributed by atoms with Crippen molar-refractivity contribution < 1.29 is 14.4 Å². The van der Waals surface area contributed by atoms with Gasteiger partial charge in [-0.1, -0.05) is 12.1 Å². The van der Waals surface area contributed by atoms with E-state index in [-0.39, 0.29) is 29.8 Å². The molecule has 0 aliphatic carbocycles. The van der Waals surface area contributed by atoms with E-state index in [1.165, 1.54) is 11.8 Å². The number of imide groups is 1. The second-order valence-corrected chi connectivity index (χ2v) is 8.20. The van der Waals surface area contributed by atoms with E-state index in [4.69, 9.17) is 0 Å². The monoisotopic (exact) mass is 398 g/mol. The predicted octanol–water partition coefficient (Wildman–Crippen LogP) is 2.16. The van der Waals surface area contributed by atoms with Crippen LogP contribution in [0.25, 0.3) is 5.57 Å². The quantitative estimate of drug-likeness (QED) is 0.770. The molecule has 7 nitrogen and oxygen atoms in total. The summed E-state index contributed by atoms with van der Waals surface area (Å²) in [5.74, 6) is -0.642. The van der Waals surface area contributed by atoms with Crippen molar-refractivity contribution in [3.8, 4) is 0 Å². The third-order valence-electron chi connectivity index (χ3n) is 5.69. The highest BCUT2D eigenvalue weighted by molar-refractivity contribution is 6.35. The van der Waals surface area contributed by atoms with E-state index in [9.17, 15) is 14.4 Å². The Balaban J connectivity index is 2.00. The molecule has 1 saturated heterocycles. The van der Waals surface area contributed by atoms with Crippen LogP contribution in [0.4, 0.5) is 5.69 Å². The minimum absolute atomic E-state index is 0.155. The molecule has 1 aromatic carbocycles. The van der Waals surface area contributed by atoms with E-state index < -0.39 is 0 Å². The lowest BCUT2D eigenvalue weighted by atomic mass is 10.00. The molecule has 0 aromatic heterocycles. The Hall–Kier alpha value is -2.67. The molecule has 0 radical (unpaired) electrons. The van der Waals surface area contributed by atoms with Gasteiger partial charge in [-0.05, 0) is 64.5 Å². The highest BCUT2D eigenvalue weighted by atomic mass is 16.2. The predicted molar refractivity (Wildman–Crippen MR) is 113 cm³/mol. The van der Waals surface area contributed by atoms with Crippen LogP contribution >= 0.6 is 0 Å². The molecule has 1 fully saturated rings. The van der Waals surface area contributed by atoms with Crippen molar-refractivity contribution in [3.63, 3.8) is 0 Å². The minimum atomic E-state index is -0.257. The minimum Gasteiger partial charge on any atom is -0.366 e. The normalized spacial score (nSPS) is 18.8. The Morgan fingerprint density at radius 1 is 1.10 bits per heavy atom. The Kier molecular flexibility index (Phi) is 6.07. The van der Waals surface area contributed by atoms with Crippen molar-refractivity contribution in [1.82, 2.24) is 14.7 Å². The Labute approximate surface area is 172 Å². The summed E-state index contributed by atoms with van der Waals surface area (Å²) in [6, 6.07) is 7.10. The molecule has 7 heteroatoms. The summed E-state index contributed by atoms with van der Waals surface area (Å²) in [4.78, 5) is 43.4. The summed E-state index contributed by atoms with van der Waals surface area (Å²) in [6.45, 7) is 7.10. The fourth-order valence-electron chi connectivity index (χ4n) is 4.08. The van der Waals surface area contributed by atoms with Gasteiger partial charge < -0.3 is 15.1 Å². The standard InChI is InChI=1S/C22H30N4O3/c1-14(2)26-21(28)19(16-6-8-17(9-7-16)23-15(3)27)20(22(26)29)25(5)18-10-12-24(4)13-11-18/h6-9,14,18H,10-13H2,1-5H3,(H,23,27). The van der Waals surface area contributed by atoms with Gasteiger partial charge in [0.15, 0.2) is 0 Å². The van der Waals surface area contributed by atoms with Gasteiger partial charge >= 0.3 is 0 Å². The number of piperidine rings is 1. The number of rotatable bonds is 5. The molecule has 1 N–H and O–H groups in total. The number of benzene rings is 1. The molecule has 2 aliphatic rings. The third kappa shape index (κ3) is 4.19. The second kappa shape index (κ2) is 8.37. The number of hydrogen-bond donors (Lipinski definition) is 1. The smallest absolute Gasteiger partial charge is 0.278 e. The molecule has 0 spiro atoms. The Morgan fingerprint density at radius 3 is 2.21 bits per heavy atom. The van der Waals surface area contributed by atoms with Crippen LogP contribution in [0.3, 0.4) is 0 Å². The number of hydrogen-bond acceptors (Lipinski definition) is 5. The van der Waals surface area contributed by atoms with Crippen LogP contribution in [0.1, 0.15) is 39.2 Å². The van der Waals surface area contributed by atoms with E-state index in [0.29, 0.717) is 22.5 Å². The van der Waals surface area contributed by atoms with Crippen LogP contribution in [0, 0.1) is 0 Å². The summed E-state index contributed by atoms with van der Waals surface area (Å²) >= 11 is 0. The van der Waals surface area contributed by atoms with E-state index in [0.717, 1.165) is 25.9 Å². The van der Waals surface area contributed by atoms with E-state index in [1.807, 2.05) is 25.8 Å². The number of likely N-dealkylation sites (tertiary alicyclic amines) is 1. The second-order valence-electron chi connectivity index (χ2n) is 8.20. The first kappa shape index (κ1) is 21.0. The molecule has 29 heavy (non-hydrogen) atoms. The molecule has 2 aliphatic heterocycles. The van der Waals surface area contributed by atoms with Crippen molar-refractivity contribution in [3.05, 3.63) is 35.5 Å². The average molecular weight is 399 g/mol. The maximum Gasteiger partial charge on any atom is 0.278 e. The molecule has 0 unspecified atom stereocenters. The Bertz CT molecular complexity index is 836. The van der Waals surface area contributed by atoms with Gasteiger partial charge in [0.25, 0.3) is 11.8 Å². The first-order valence-electron chi connectivity index (χ1n) is 10.1. The highest BCUT2D eigenvalue weighted by Crippen LogP contribution is 2.34. The third-order valence-corrected chi connectivity index (χ3v) is 5.69. The van der Waals surface area contributed by atoms with E-state index >= 15 is 0 Å². The van der Waals surface area contributed by atoms with Crippen LogP contribution < -0.4 is 5.32 Å². The van der Waals surface area contributed by atoms with Crippen molar-refractivity contribution in [2.24, 2.45) is 0 Å². The molecule has 0 bridgehead atoms. The molecule has 2 heterocycles. The van der Waals surface area contributed by atoms with Gasteiger partial charge in [0.2, 0.25) is 5.91 Å². The molecular formula is C22H30N4O3. The van der Waals surface area contributed by atoms with Crippen LogP contribution in [-0.4, -0.2) is 71.7 Å². The van der Waals surface area contributed by atoms with Crippen molar-refractivity contribution in [2.45, 2.75) is 45.7 Å². The van der Waals surface area contributed by atoms with Crippen molar-refractivity contribution in [2.75, 3.05) is 32.5 Å². The summed E-state index contributed by atoms with van der Waals surface area (Å²) in [7, 11) is 4.02. The number of carbonyl (C=O) groups excluding carboxylic acids is 3. The SMILES string of the molecule is CC(=O)Nc1ccc(C2=C(N(C)C3CCN(C)CC3)C(=O)N(C(C)C)C2=O)cc1. The fraction of sp³-hybridized carbons (Fsp3) is 0.500. The molecule has 1 aromatic rings. The lowest BCUT2D eigenvalue weighted by molar-refractivity contribution is -0.139. The fourth-order valence-corrected chi connectivity index (χ4v) is 4.08. The van der Waals surface area contributed by atoms with Crippen LogP contribution in [0.15, 0.2) is 30.0 Å². The van der Waals surface area contributed by atoms with Crippen LogP contribution in [-0.2, 0) is 14.4 Å². The van der Waals surface area contributed by atoms with E-state index in [1.54, 1.807) is 24.3 Å². The maximum atomic E-state index is 13.2. The number of amides is 3. The number of nitrogens with one attached hydrogen (secondary N) is 1. The molecule has 3 rings (SSSR count). The van der Waals surface area contributed by atoms with Gasteiger partial charge in [-0.2, -0.15) is 0 Å². The zero-order chi connectivity index (χ0) is 21.3. The van der Waals surface area contributed by atoms with Crippen LogP contribution in [0.5, 0.6) is 0 Å². The van der Waals surface area contributed by atoms with Gasteiger partial charge in [0.1, 0.15) is 5.70 Å². The highest BCUT2D eigenvalue weighted by Gasteiger charge is 2.43. The topological polar surface area (TPSA) is 73.0 Å². The number of nitrogens with zero attached hydrogens (tertiary/aromatic N) is 3. The Morgan fingerprint density at radius 2 is 1.69 bits per heavy atom. The molecule has 0 saturated carbocycles. The van der Waals surface area contributed by atoms with Gasteiger partial charge in [-0.15, -0.1) is 0 Å². The molecule has 156 valence electrons. The first-order valence-corrected chi connectivity index (χ1v) is 10.1. The number of anilines is 1.